The van der Waals surface area contributed by atoms with Crippen LogP contribution in [0.1, 0.15) is 17.2 Å². The van der Waals surface area contributed by atoms with Gasteiger partial charge in [0.25, 0.3) is 5.69 Å². The van der Waals surface area contributed by atoms with Gasteiger partial charge in [-0.2, -0.15) is 0 Å². The maximum atomic E-state index is 10.7. The zero-order chi connectivity index (χ0) is 15.5. The Morgan fingerprint density at radius 2 is 1.82 bits per heavy atom. The average molecular weight is 298 g/mol. The van der Waals surface area contributed by atoms with Crippen LogP contribution in [0.2, 0.25) is 0 Å². The van der Waals surface area contributed by atoms with Crippen molar-refractivity contribution < 1.29 is 14.8 Å². The second kappa shape index (κ2) is 5.95. The third-order valence-electron chi connectivity index (χ3n) is 3.51. The maximum absolute atomic E-state index is 10.7. The molecule has 0 saturated heterocycles. The van der Waals surface area contributed by atoms with Crippen LogP contribution in [0.15, 0.2) is 59.6 Å². The van der Waals surface area contributed by atoms with Gasteiger partial charge in [-0.15, -0.1) is 0 Å². The van der Waals surface area contributed by atoms with E-state index in [9.17, 15) is 15.2 Å². The van der Waals surface area contributed by atoms with Gasteiger partial charge in [0.2, 0.25) is 5.90 Å². The standard InChI is InChI=1S/C16H14N2O4/c19-10-14-15(11-6-8-13(9-7-11)18(20)21)22-16(17-14)12-4-2-1-3-5-12/h1-9,14-15,19H,10H2/t14-,15+/m0/s1. The number of non-ortho nitro benzene ring substituents is 1. The number of rotatable bonds is 4. The van der Waals surface area contributed by atoms with E-state index < -0.39 is 17.1 Å². The summed E-state index contributed by atoms with van der Waals surface area (Å²) in [6.07, 6.45) is -0.444. The lowest BCUT2D eigenvalue weighted by atomic mass is 10.0. The summed E-state index contributed by atoms with van der Waals surface area (Å²) < 4.78 is 5.86. The van der Waals surface area contributed by atoms with Crippen LogP contribution in [0.5, 0.6) is 0 Å². The number of aliphatic hydroxyl groups excluding tert-OH is 1. The molecule has 2 atom stereocenters. The Balaban J connectivity index is 1.85. The number of nitro benzene ring substituents is 1. The Labute approximate surface area is 126 Å². The van der Waals surface area contributed by atoms with Gasteiger partial charge < -0.3 is 9.84 Å². The van der Waals surface area contributed by atoms with Gasteiger partial charge in [-0.25, -0.2) is 4.99 Å². The first-order valence-corrected chi connectivity index (χ1v) is 6.84. The number of hydrogen-bond donors (Lipinski definition) is 1. The molecule has 2 aromatic rings. The van der Waals surface area contributed by atoms with Crippen molar-refractivity contribution in [1.29, 1.82) is 0 Å². The van der Waals surface area contributed by atoms with E-state index in [2.05, 4.69) is 4.99 Å². The predicted molar refractivity (Wildman–Crippen MR) is 80.8 cm³/mol. The molecule has 1 aliphatic heterocycles. The number of hydrogen-bond acceptors (Lipinski definition) is 5. The molecule has 1 aliphatic rings. The first-order valence-electron chi connectivity index (χ1n) is 6.84. The highest BCUT2D eigenvalue weighted by Crippen LogP contribution is 2.31. The molecule has 6 nitrogen and oxygen atoms in total. The van der Waals surface area contributed by atoms with Crippen molar-refractivity contribution in [2.24, 2.45) is 4.99 Å². The zero-order valence-corrected chi connectivity index (χ0v) is 11.6. The molecule has 0 aromatic heterocycles. The minimum Gasteiger partial charge on any atom is -0.467 e. The summed E-state index contributed by atoms with van der Waals surface area (Å²) >= 11 is 0. The van der Waals surface area contributed by atoms with Gasteiger partial charge in [-0.1, -0.05) is 18.2 Å². The van der Waals surface area contributed by atoms with Gasteiger partial charge in [0, 0.05) is 17.7 Å². The second-order valence-electron chi connectivity index (χ2n) is 4.94. The zero-order valence-electron chi connectivity index (χ0n) is 11.6. The molecule has 22 heavy (non-hydrogen) atoms. The van der Waals surface area contributed by atoms with Crippen LogP contribution in [-0.4, -0.2) is 28.6 Å². The molecule has 0 fully saturated rings. The van der Waals surface area contributed by atoms with E-state index in [1.807, 2.05) is 30.3 Å². The predicted octanol–water partition coefficient (Wildman–Crippen LogP) is 2.47. The van der Waals surface area contributed by atoms with Crippen molar-refractivity contribution in [3.63, 3.8) is 0 Å². The smallest absolute Gasteiger partial charge is 0.269 e. The summed E-state index contributed by atoms with van der Waals surface area (Å²) in [6, 6.07) is 15.1. The van der Waals surface area contributed by atoms with E-state index in [-0.39, 0.29) is 12.3 Å². The average Bonchev–Trinajstić information content (AvgIpc) is 3.00. The SMILES string of the molecule is O=[N+]([O-])c1ccc([C@H]2OC(c3ccccc3)=N[C@H]2CO)cc1. The highest BCUT2D eigenvalue weighted by Gasteiger charge is 2.32. The molecule has 6 heteroatoms. The summed E-state index contributed by atoms with van der Waals surface area (Å²) in [6.45, 7) is -0.155. The summed E-state index contributed by atoms with van der Waals surface area (Å²) in [4.78, 5) is 14.7. The van der Waals surface area contributed by atoms with E-state index in [1.54, 1.807) is 12.1 Å². The number of nitro groups is 1. The fourth-order valence-corrected chi connectivity index (χ4v) is 2.38. The highest BCUT2D eigenvalue weighted by atomic mass is 16.6. The Bertz CT molecular complexity index is 698. The third-order valence-corrected chi connectivity index (χ3v) is 3.51. The monoisotopic (exact) mass is 298 g/mol. The Kier molecular flexibility index (Phi) is 3.84. The van der Waals surface area contributed by atoms with Crippen LogP contribution in [0.25, 0.3) is 0 Å². The van der Waals surface area contributed by atoms with Crippen molar-refractivity contribution in [2.45, 2.75) is 12.1 Å². The molecule has 0 unspecified atom stereocenters. The lowest BCUT2D eigenvalue weighted by Crippen LogP contribution is -2.17. The van der Waals surface area contributed by atoms with Gasteiger partial charge in [-0.3, -0.25) is 10.1 Å². The second-order valence-corrected chi connectivity index (χ2v) is 4.94. The van der Waals surface area contributed by atoms with Gasteiger partial charge >= 0.3 is 0 Å². The fourth-order valence-electron chi connectivity index (χ4n) is 2.38. The minimum absolute atomic E-state index is 0.0199. The lowest BCUT2D eigenvalue weighted by Gasteiger charge is -2.16. The van der Waals surface area contributed by atoms with Crippen molar-refractivity contribution in [1.82, 2.24) is 0 Å². The maximum Gasteiger partial charge on any atom is 0.269 e. The summed E-state index contributed by atoms with van der Waals surface area (Å²) in [7, 11) is 0. The van der Waals surface area contributed by atoms with Crippen molar-refractivity contribution in [2.75, 3.05) is 6.61 Å². The number of ether oxygens (including phenoxy) is 1. The van der Waals surface area contributed by atoms with Gasteiger partial charge in [-0.05, 0) is 29.8 Å². The lowest BCUT2D eigenvalue weighted by molar-refractivity contribution is -0.384. The number of aliphatic imine (C=N–C) groups is 1. The molecule has 0 amide bonds. The number of nitrogens with zero attached hydrogens (tertiary/aromatic N) is 2. The largest absolute Gasteiger partial charge is 0.467 e. The van der Waals surface area contributed by atoms with E-state index in [1.165, 1.54) is 12.1 Å². The molecule has 0 aliphatic carbocycles. The van der Waals surface area contributed by atoms with E-state index in [0.717, 1.165) is 11.1 Å². The molecule has 1 heterocycles. The van der Waals surface area contributed by atoms with E-state index >= 15 is 0 Å². The Morgan fingerprint density at radius 1 is 1.14 bits per heavy atom. The molecular formula is C16H14N2O4. The first kappa shape index (κ1) is 14.2. The van der Waals surface area contributed by atoms with E-state index in [0.29, 0.717) is 5.90 Å². The highest BCUT2D eigenvalue weighted by molar-refractivity contribution is 5.95. The topological polar surface area (TPSA) is 85.0 Å². The fraction of sp³-hybridized carbons (Fsp3) is 0.188. The van der Waals surface area contributed by atoms with Gasteiger partial charge in [0.05, 0.1) is 11.5 Å². The number of benzene rings is 2. The third kappa shape index (κ3) is 2.68. The van der Waals surface area contributed by atoms with Crippen LogP contribution in [0.3, 0.4) is 0 Å². The molecule has 1 N–H and O–H groups in total. The Morgan fingerprint density at radius 3 is 2.41 bits per heavy atom. The summed E-state index contributed by atoms with van der Waals surface area (Å²) in [5, 5.41) is 20.2. The first-order chi connectivity index (χ1) is 10.7. The number of aliphatic hydroxyl groups is 1. The van der Waals surface area contributed by atoms with Crippen LogP contribution in [-0.2, 0) is 4.74 Å². The van der Waals surface area contributed by atoms with Crippen molar-refractivity contribution >= 4 is 11.6 Å². The van der Waals surface area contributed by atoms with Crippen LogP contribution < -0.4 is 0 Å². The molecular weight excluding hydrogens is 284 g/mol. The van der Waals surface area contributed by atoms with Gasteiger partial charge in [0.1, 0.15) is 6.04 Å². The van der Waals surface area contributed by atoms with Crippen LogP contribution >= 0.6 is 0 Å². The van der Waals surface area contributed by atoms with E-state index in [4.69, 9.17) is 4.74 Å². The van der Waals surface area contributed by atoms with Crippen LogP contribution in [0, 0.1) is 10.1 Å². The van der Waals surface area contributed by atoms with Crippen molar-refractivity contribution in [3.05, 3.63) is 75.8 Å². The van der Waals surface area contributed by atoms with Gasteiger partial charge in [0.15, 0.2) is 6.10 Å². The molecule has 112 valence electrons. The molecule has 0 bridgehead atoms. The molecule has 0 radical (unpaired) electrons. The molecule has 0 spiro atoms. The van der Waals surface area contributed by atoms with Crippen molar-refractivity contribution in [3.8, 4) is 0 Å². The Hall–Kier alpha value is -2.73. The summed E-state index contributed by atoms with van der Waals surface area (Å²) in [5.74, 6) is 0.475. The van der Waals surface area contributed by atoms with Crippen LogP contribution in [0.4, 0.5) is 5.69 Å². The minimum atomic E-state index is -0.450. The molecule has 0 saturated carbocycles. The summed E-state index contributed by atoms with van der Waals surface area (Å²) in [5.41, 5.74) is 1.61. The quantitative estimate of drug-likeness (QED) is 0.694. The molecule has 2 aromatic carbocycles. The normalized spacial score (nSPS) is 20.3. The molecule has 3 rings (SSSR count).